The van der Waals surface area contributed by atoms with Gasteiger partial charge in [-0.2, -0.15) is 4.98 Å². The SMILES string of the molecule is CCOc1ccccc1NC(=O)CCc1nc(-c2ccc(N3CCCCC3)cc2)no1. The largest absolute Gasteiger partial charge is 0.492 e. The molecule has 1 saturated heterocycles. The van der Waals surface area contributed by atoms with Crippen LogP contribution < -0.4 is 15.0 Å². The lowest BCUT2D eigenvalue weighted by molar-refractivity contribution is -0.116. The van der Waals surface area contributed by atoms with E-state index in [9.17, 15) is 4.79 Å². The summed E-state index contributed by atoms with van der Waals surface area (Å²) < 4.78 is 10.9. The Hall–Kier alpha value is -3.35. The highest BCUT2D eigenvalue weighted by molar-refractivity contribution is 5.92. The predicted octanol–water partition coefficient (Wildman–Crippen LogP) is 4.70. The Morgan fingerprint density at radius 2 is 1.87 bits per heavy atom. The zero-order valence-corrected chi connectivity index (χ0v) is 17.8. The Morgan fingerprint density at radius 3 is 2.65 bits per heavy atom. The molecule has 1 aromatic heterocycles. The number of anilines is 2. The molecule has 0 saturated carbocycles. The summed E-state index contributed by atoms with van der Waals surface area (Å²) in [6.07, 6.45) is 4.44. The van der Waals surface area contributed by atoms with E-state index in [-0.39, 0.29) is 12.3 Å². The summed E-state index contributed by atoms with van der Waals surface area (Å²) in [6, 6.07) is 15.7. The van der Waals surface area contributed by atoms with E-state index in [2.05, 4.69) is 32.5 Å². The van der Waals surface area contributed by atoms with E-state index in [1.54, 1.807) is 0 Å². The zero-order valence-electron chi connectivity index (χ0n) is 17.8. The summed E-state index contributed by atoms with van der Waals surface area (Å²) >= 11 is 0. The monoisotopic (exact) mass is 420 g/mol. The summed E-state index contributed by atoms with van der Waals surface area (Å²) in [7, 11) is 0. The van der Waals surface area contributed by atoms with Crippen molar-refractivity contribution in [1.82, 2.24) is 10.1 Å². The van der Waals surface area contributed by atoms with Gasteiger partial charge in [-0.15, -0.1) is 0 Å². The van der Waals surface area contributed by atoms with Crippen LogP contribution in [0, 0.1) is 0 Å². The van der Waals surface area contributed by atoms with Crippen molar-refractivity contribution in [2.24, 2.45) is 0 Å². The number of carbonyl (C=O) groups excluding carboxylic acids is 1. The van der Waals surface area contributed by atoms with E-state index in [1.807, 2.05) is 43.3 Å². The van der Waals surface area contributed by atoms with Gasteiger partial charge in [0.15, 0.2) is 0 Å². The summed E-state index contributed by atoms with van der Waals surface area (Å²) in [4.78, 5) is 19.2. The average Bonchev–Trinajstić information content (AvgIpc) is 3.29. The molecule has 0 aliphatic carbocycles. The maximum absolute atomic E-state index is 12.3. The van der Waals surface area contributed by atoms with Crippen molar-refractivity contribution in [1.29, 1.82) is 0 Å². The molecule has 1 aliphatic rings. The van der Waals surface area contributed by atoms with Gasteiger partial charge >= 0.3 is 0 Å². The number of nitrogens with one attached hydrogen (secondary N) is 1. The molecule has 2 heterocycles. The maximum atomic E-state index is 12.3. The van der Waals surface area contributed by atoms with Gasteiger partial charge in [-0.1, -0.05) is 17.3 Å². The summed E-state index contributed by atoms with van der Waals surface area (Å²) in [6.45, 7) is 4.68. The fraction of sp³-hybridized carbons (Fsp3) is 0.375. The molecule has 4 rings (SSSR count). The van der Waals surface area contributed by atoms with E-state index >= 15 is 0 Å². The Bertz CT molecular complexity index is 994. The van der Waals surface area contributed by atoms with Gasteiger partial charge in [0, 0.05) is 37.2 Å². The molecule has 0 bridgehead atoms. The van der Waals surface area contributed by atoms with Crippen LogP contribution in [0.15, 0.2) is 53.1 Å². The Morgan fingerprint density at radius 1 is 1.10 bits per heavy atom. The van der Waals surface area contributed by atoms with Crippen LogP contribution in [-0.2, 0) is 11.2 Å². The lowest BCUT2D eigenvalue weighted by atomic mass is 10.1. The van der Waals surface area contributed by atoms with E-state index in [0.717, 1.165) is 18.7 Å². The predicted molar refractivity (Wildman–Crippen MR) is 120 cm³/mol. The molecule has 0 atom stereocenters. The second-order valence-corrected chi connectivity index (χ2v) is 7.58. The summed E-state index contributed by atoms with van der Waals surface area (Å²) in [5.41, 5.74) is 2.80. The minimum atomic E-state index is -0.127. The second-order valence-electron chi connectivity index (χ2n) is 7.58. The second kappa shape index (κ2) is 10.1. The minimum absolute atomic E-state index is 0.127. The quantitative estimate of drug-likeness (QED) is 0.569. The topological polar surface area (TPSA) is 80.5 Å². The third-order valence-corrected chi connectivity index (χ3v) is 5.34. The maximum Gasteiger partial charge on any atom is 0.227 e. The first-order valence-corrected chi connectivity index (χ1v) is 10.9. The van der Waals surface area contributed by atoms with Crippen molar-refractivity contribution in [3.05, 3.63) is 54.4 Å². The van der Waals surface area contributed by atoms with Crippen LogP contribution in [0.3, 0.4) is 0 Å². The van der Waals surface area contributed by atoms with Crippen LogP contribution in [0.5, 0.6) is 5.75 Å². The van der Waals surface area contributed by atoms with Crippen LogP contribution in [0.2, 0.25) is 0 Å². The van der Waals surface area contributed by atoms with Crippen LogP contribution in [-0.4, -0.2) is 35.7 Å². The molecule has 3 aromatic rings. The first-order valence-electron chi connectivity index (χ1n) is 10.9. The van der Waals surface area contributed by atoms with E-state index in [1.165, 1.54) is 24.9 Å². The Kier molecular flexibility index (Phi) is 6.82. The highest BCUT2D eigenvalue weighted by Gasteiger charge is 2.14. The van der Waals surface area contributed by atoms with Crippen molar-refractivity contribution < 1.29 is 14.1 Å². The normalized spacial score (nSPS) is 13.8. The number of piperidine rings is 1. The molecule has 1 amide bonds. The van der Waals surface area contributed by atoms with E-state index in [0.29, 0.717) is 36.2 Å². The van der Waals surface area contributed by atoms with Gasteiger partial charge in [-0.05, 0) is 62.6 Å². The van der Waals surface area contributed by atoms with Crippen molar-refractivity contribution in [2.45, 2.75) is 39.0 Å². The third kappa shape index (κ3) is 5.42. The Balaban J connectivity index is 1.32. The summed E-state index contributed by atoms with van der Waals surface area (Å²) in [5, 5.41) is 6.96. The number of nitrogens with zero attached hydrogens (tertiary/aromatic N) is 3. The van der Waals surface area contributed by atoms with Gasteiger partial charge in [0.25, 0.3) is 0 Å². The molecule has 0 spiro atoms. The van der Waals surface area contributed by atoms with Crippen LogP contribution in [0.1, 0.15) is 38.5 Å². The molecule has 1 fully saturated rings. The van der Waals surface area contributed by atoms with Crippen molar-refractivity contribution in [3.63, 3.8) is 0 Å². The smallest absolute Gasteiger partial charge is 0.227 e. The van der Waals surface area contributed by atoms with E-state index in [4.69, 9.17) is 9.26 Å². The van der Waals surface area contributed by atoms with Gasteiger partial charge in [-0.25, -0.2) is 0 Å². The number of aromatic nitrogens is 2. The number of aryl methyl sites for hydroxylation is 1. The van der Waals surface area contributed by atoms with E-state index < -0.39 is 0 Å². The number of amides is 1. The lowest BCUT2D eigenvalue weighted by Crippen LogP contribution is -2.29. The van der Waals surface area contributed by atoms with Gasteiger partial charge in [-0.3, -0.25) is 4.79 Å². The summed E-state index contributed by atoms with van der Waals surface area (Å²) in [5.74, 6) is 1.52. The van der Waals surface area contributed by atoms with Crippen LogP contribution in [0.4, 0.5) is 11.4 Å². The molecule has 7 nitrogen and oxygen atoms in total. The van der Waals surface area contributed by atoms with Crippen molar-refractivity contribution >= 4 is 17.3 Å². The van der Waals surface area contributed by atoms with Crippen LogP contribution in [0.25, 0.3) is 11.4 Å². The molecule has 0 unspecified atom stereocenters. The lowest BCUT2D eigenvalue weighted by Gasteiger charge is -2.28. The number of benzene rings is 2. The molecular formula is C24H28N4O3. The number of carbonyl (C=O) groups is 1. The van der Waals surface area contributed by atoms with Gasteiger partial charge in [0.05, 0.1) is 12.3 Å². The number of para-hydroxylation sites is 2. The number of hydrogen-bond donors (Lipinski definition) is 1. The molecule has 1 aliphatic heterocycles. The zero-order chi connectivity index (χ0) is 21.5. The van der Waals surface area contributed by atoms with Gasteiger partial charge in [0.1, 0.15) is 5.75 Å². The van der Waals surface area contributed by atoms with Crippen molar-refractivity contribution in [2.75, 3.05) is 29.9 Å². The molecule has 2 aromatic carbocycles. The van der Waals surface area contributed by atoms with Crippen LogP contribution >= 0.6 is 0 Å². The first kappa shape index (κ1) is 20.9. The standard InChI is InChI=1S/C24H28N4O3/c1-2-30-21-9-5-4-8-20(21)25-22(29)14-15-23-26-24(27-31-23)18-10-12-19(13-11-18)28-16-6-3-7-17-28/h4-5,8-13H,2-3,6-7,14-17H2,1H3,(H,25,29). The fourth-order valence-electron chi connectivity index (χ4n) is 3.73. The van der Waals surface area contributed by atoms with Gasteiger partial charge in [0.2, 0.25) is 17.6 Å². The molecule has 31 heavy (non-hydrogen) atoms. The number of hydrogen-bond acceptors (Lipinski definition) is 6. The minimum Gasteiger partial charge on any atom is -0.492 e. The number of ether oxygens (including phenoxy) is 1. The average molecular weight is 421 g/mol. The molecule has 0 radical (unpaired) electrons. The third-order valence-electron chi connectivity index (χ3n) is 5.34. The highest BCUT2D eigenvalue weighted by atomic mass is 16.5. The number of rotatable bonds is 8. The van der Waals surface area contributed by atoms with Crippen molar-refractivity contribution in [3.8, 4) is 17.1 Å². The fourth-order valence-corrected chi connectivity index (χ4v) is 3.73. The molecule has 7 heteroatoms. The first-order chi connectivity index (χ1) is 15.2. The highest BCUT2D eigenvalue weighted by Crippen LogP contribution is 2.25. The van der Waals surface area contributed by atoms with Gasteiger partial charge < -0.3 is 19.5 Å². The molecule has 1 N–H and O–H groups in total. The molecular weight excluding hydrogens is 392 g/mol. The Labute approximate surface area is 182 Å². The molecule has 162 valence electrons.